The number of hydrogen-bond acceptors (Lipinski definition) is 4. The highest BCUT2D eigenvalue weighted by atomic mass is 32.2. The number of hydrogen-bond donors (Lipinski definition) is 1. The van der Waals surface area contributed by atoms with Crippen molar-refractivity contribution in [3.8, 4) is 0 Å². The molecule has 1 N–H and O–H groups in total. The first kappa shape index (κ1) is 17.2. The molecule has 25 heavy (non-hydrogen) atoms. The predicted octanol–water partition coefficient (Wildman–Crippen LogP) is 2.28. The van der Waals surface area contributed by atoms with Crippen LogP contribution in [0.15, 0.2) is 47.5 Å². The summed E-state index contributed by atoms with van der Waals surface area (Å²) in [5, 5.41) is 2.86. The van der Waals surface area contributed by atoms with Gasteiger partial charge in [-0.2, -0.15) is 0 Å². The zero-order valence-corrected chi connectivity index (χ0v) is 15.1. The average Bonchev–Trinajstić information content (AvgIpc) is 2.87. The SMILES string of the molecule is Cc1ccc2nc(C)c(C(=O)NCc3ccc(S(C)(=O)=O)cc3)n2c1. The largest absolute Gasteiger partial charge is 0.347 e. The fraction of sp³-hybridized carbons (Fsp3) is 0.222. The number of rotatable bonds is 4. The molecule has 130 valence electrons. The van der Waals surface area contributed by atoms with E-state index in [9.17, 15) is 13.2 Å². The molecule has 0 bridgehead atoms. The molecule has 3 rings (SSSR count). The van der Waals surface area contributed by atoms with E-state index in [0.29, 0.717) is 17.9 Å². The monoisotopic (exact) mass is 357 g/mol. The van der Waals surface area contributed by atoms with Crippen LogP contribution in [0.5, 0.6) is 0 Å². The second-order valence-corrected chi connectivity index (χ2v) is 8.10. The van der Waals surface area contributed by atoms with E-state index in [0.717, 1.165) is 16.8 Å². The van der Waals surface area contributed by atoms with Crippen molar-refractivity contribution in [1.29, 1.82) is 0 Å². The summed E-state index contributed by atoms with van der Waals surface area (Å²) in [6.07, 6.45) is 3.05. The van der Waals surface area contributed by atoms with Crippen molar-refractivity contribution < 1.29 is 13.2 Å². The summed E-state index contributed by atoms with van der Waals surface area (Å²) >= 11 is 0. The van der Waals surface area contributed by atoms with Crippen molar-refractivity contribution in [2.45, 2.75) is 25.3 Å². The third-order valence-corrected chi connectivity index (χ3v) is 5.09. The summed E-state index contributed by atoms with van der Waals surface area (Å²) in [6.45, 7) is 4.07. The molecule has 1 aromatic carbocycles. The summed E-state index contributed by atoms with van der Waals surface area (Å²) in [6, 6.07) is 10.3. The Morgan fingerprint density at radius 3 is 2.44 bits per heavy atom. The first-order chi connectivity index (χ1) is 11.8. The van der Waals surface area contributed by atoms with Gasteiger partial charge in [-0.05, 0) is 43.2 Å². The molecular formula is C18H19N3O3S. The van der Waals surface area contributed by atoms with Crippen molar-refractivity contribution >= 4 is 21.4 Å². The Kier molecular flexibility index (Phi) is 4.34. The Labute approximate surface area is 146 Å². The summed E-state index contributed by atoms with van der Waals surface area (Å²) in [5.74, 6) is -0.220. The molecular weight excluding hydrogens is 338 g/mol. The quantitative estimate of drug-likeness (QED) is 0.777. The van der Waals surface area contributed by atoms with Crippen molar-refractivity contribution in [2.24, 2.45) is 0 Å². The normalized spacial score (nSPS) is 11.6. The minimum atomic E-state index is -3.22. The Balaban J connectivity index is 1.79. The third kappa shape index (κ3) is 3.56. The summed E-state index contributed by atoms with van der Waals surface area (Å²) in [4.78, 5) is 17.2. The molecule has 3 aromatic rings. The Morgan fingerprint density at radius 1 is 1.12 bits per heavy atom. The molecule has 2 heterocycles. The number of amides is 1. The lowest BCUT2D eigenvalue weighted by atomic mass is 10.2. The number of fused-ring (bicyclic) bond motifs is 1. The van der Waals surface area contributed by atoms with E-state index in [4.69, 9.17) is 0 Å². The molecule has 0 radical (unpaired) electrons. The van der Waals surface area contributed by atoms with Crippen molar-refractivity contribution in [2.75, 3.05) is 6.26 Å². The lowest BCUT2D eigenvalue weighted by Crippen LogP contribution is -2.25. The van der Waals surface area contributed by atoms with Crippen LogP contribution in [0.4, 0.5) is 0 Å². The van der Waals surface area contributed by atoms with Crippen LogP contribution in [0.3, 0.4) is 0 Å². The van der Waals surface area contributed by atoms with Crippen molar-refractivity contribution in [3.63, 3.8) is 0 Å². The number of sulfone groups is 1. The van der Waals surface area contributed by atoms with Gasteiger partial charge in [-0.15, -0.1) is 0 Å². The summed E-state index contributed by atoms with van der Waals surface area (Å²) < 4.78 is 24.7. The molecule has 7 heteroatoms. The fourth-order valence-electron chi connectivity index (χ4n) is 2.66. The number of carbonyl (C=O) groups excluding carboxylic acids is 1. The average molecular weight is 357 g/mol. The van der Waals surface area contributed by atoms with Gasteiger partial charge < -0.3 is 5.32 Å². The van der Waals surface area contributed by atoms with Gasteiger partial charge in [0.15, 0.2) is 9.84 Å². The summed E-state index contributed by atoms with van der Waals surface area (Å²) in [5.41, 5.74) is 3.76. The molecule has 1 amide bonds. The topological polar surface area (TPSA) is 80.5 Å². The molecule has 0 aliphatic carbocycles. The summed E-state index contributed by atoms with van der Waals surface area (Å²) in [7, 11) is -3.22. The van der Waals surface area contributed by atoms with E-state index in [1.807, 2.05) is 25.3 Å². The molecule has 0 saturated heterocycles. The Bertz CT molecular complexity index is 1050. The number of aromatic nitrogens is 2. The highest BCUT2D eigenvalue weighted by Gasteiger charge is 2.16. The zero-order valence-electron chi connectivity index (χ0n) is 14.3. The van der Waals surface area contributed by atoms with E-state index in [1.165, 1.54) is 6.26 Å². The zero-order chi connectivity index (χ0) is 18.2. The van der Waals surface area contributed by atoms with Gasteiger partial charge in [0.2, 0.25) is 0 Å². The number of aryl methyl sites for hydroxylation is 2. The molecule has 0 atom stereocenters. The molecule has 0 aliphatic rings. The van der Waals surface area contributed by atoms with Gasteiger partial charge in [-0.3, -0.25) is 9.20 Å². The standard InChI is InChI=1S/C18H19N3O3S/c1-12-4-9-16-20-13(2)17(21(16)11-12)18(22)19-10-14-5-7-15(8-6-14)25(3,23)24/h4-9,11H,10H2,1-3H3,(H,19,22). The van der Waals surface area contributed by atoms with Crippen LogP contribution in [-0.2, 0) is 16.4 Å². The van der Waals surface area contributed by atoms with Crippen LogP contribution in [0.1, 0.15) is 27.3 Å². The van der Waals surface area contributed by atoms with E-state index in [-0.39, 0.29) is 10.8 Å². The third-order valence-electron chi connectivity index (χ3n) is 3.96. The maximum atomic E-state index is 12.6. The van der Waals surface area contributed by atoms with Gasteiger partial charge in [0, 0.05) is 19.0 Å². The first-order valence-electron chi connectivity index (χ1n) is 7.78. The number of carbonyl (C=O) groups is 1. The van der Waals surface area contributed by atoms with Gasteiger partial charge in [-0.1, -0.05) is 18.2 Å². The number of pyridine rings is 1. The maximum Gasteiger partial charge on any atom is 0.270 e. The predicted molar refractivity (Wildman–Crippen MR) is 95.4 cm³/mol. The van der Waals surface area contributed by atoms with E-state index >= 15 is 0 Å². The molecule has 0 aliphatic heterocycles. The minimum Gasteiger partial charge on any atom is -0.347 e. The maximum absolute atomic E-state index is 12.6. The van der Waals surface area contributed by atoms with Crippen LogP contribution in [0.25, 0.3) is 5.65 Å². The van der Waals surface area contributed by atoms with Gasteiger partial charge in [0.1, 0.15) is 11.3 Å². The first-order valence-corrected chi connectivity index (χ1v) is 9.67. The lowest BCUT2D eigenvalue weighted by molar-refractivity contribution is 0.0944. The fourth-order valence-corrected chi connectivity index (χ4v) is 3.29. The van der Waals surface area contributed by atoms with Gasteiger partial charge in [0.25, 0.3) is 5.91 Å². The molecule has 0 unspecified atom stereocenters. The Morgan fingerprint density at radius 2 is 1.80 bits per heavy atom. The van der Waals surface area contributed by atoms with Crippen LogP contribution < -0.4 is 5.32 Å². The van der Waals surface area contributed by atoms with Crippen LogP contribution in [0, 0.1) is 13.8 Å². The van der Waals surface area contributed by atoms with Crippen LogP contribution in [-0.4, -0.2) is 30.0 Å². The van der Waals surface area contributed by atoms with Crippen molar-refractivity contribution in [1.82, 2.24) is 14.7 Å². The highest BCUT2D eigenvalue weighted by Crippen LogP contribution is 2.14. The molecule has 0 saturated carbocycles. The lowest BCUT2D eigenvalue weighted by Gasteiger charge is -2.07. The molecule has 0 fully saturated rings. The van der Waals surface area contributed by atoms with Crippen LogP contribution in [0.2, 0.25) is 0 Å². The number of nitrogens with zero attached hydrogens (tertiary/aromatic N) is 2. The second-order valence-electron chi connectivity index (χ2n) is 6.08. The molecule has 6 nitrogen and oxygen atoms in total. The van der Waals surface area contributed by atoms with Gasteiger partial charge in [0.05, 0.1) is 10.6 Å². The van der Waals surface area contributed by atoms with Crippen molar-refractivity contribution in [3.05, 3.63) is 65.1 Å². The van der Waals surface area contributed by atoms with E-state index in [2.05, 4.69) is 10.3 Å². The number of nitrogens with one attached hydrogen (secondary N) is 1. The Hall–Kier alpha value is -2.67. The van der Waals surface area contributed by atoms with Gasteiger partial charge in [-0.25, -0.2) is 13.4 Å². The number of benzene rings is 1. The van der Waals surface area contributed by atoms with E-state index in [1.54, 1.807) is 35.6 Å². The van der Waals surface area contributed by atoms with Crippen LogP contribution >= 0.6 is 0 Å². The molecule has 0 spiro atoms. The van der Waals surface area contributed by atoms with E-state index < -0.39 is 9.84 Å². The minimum absolute atomic E-state index is 0.220. The smallest absolute Gasteiger partial charge is 0.270 e. The molecule has 2 aromatic heterocycles. The number of imidazole rings is 1. The van der Waals surface area contributed by atoms with Gasteiger partial charge >= 0.3 is 0 Å². The second kappa shape index (κ2) is 6.33. The highest BCUT2D eigenvalue weighted by molar-refractivity contribution is 7.90.